The number of aryl methyl sites for hydroxylation is 1. The minimum atomic E-state index is -0.280. The lowest BCUT2D eigenvalue weighted by molar-refractivity contribution is -0.129. The van der Waals surface area contributed by atoms with Gasteiger partial charge >= 0.3 is 0 Å². The number of hydrogen-bond donors (Lipinski definition) is 1. The van der Waals surface area contributed by atoms with Gasteiger partial charge in [-0.05, 0) is 32.9 Å². The Morgan fingerprint density at radius 3 is 2.79 bits per heavy atom. The van der Waals surface area contributed by atoms with Crippen LogP contribution >= 0.6 is 0 Å². The molecule has 0 bridgehead atoms. The third-order valence-electron chi connectivity index (χ3n) is 3.29. The summed E-state index contributed by atoms with van der Waals surface area (Å²) in [6, 6.07) is 5.61. The number of likely N-dealkylation sites (tertiary alicyclic amines) is 1. The van der Waals surface area contributed by atoms with Crippen molar-refractivity contribution < 1.29 is 9.59 Å². The molecule has 1 aliphatic rings. The average molecular weight is 261 g/mol. The van der Waals surface area contributed by atoms with Crippen LogP contribution in [0.25, 0.3) is 0 Å². The van der Waals surface area contributed by atoms with E-state index >= 15 is 0 Å². The first kappa shape index (κ1) is 13.5. The van der Waals surface area contributed by atoms with Gasteiger partial charge in [-0.2, -0.15) is 0 Å². The number of anilines is 1. The average Bonchev–Trinajstić information content (AvgIpc) is 2.71. The van der Waals surface area contributed by atoms with Crippen LogP contribution in [0.2, 0.25) is 0 Å². The van der Waals surface area contributed by atoms with Crippen LogP contribution in [-0.4, -0.2) is 34.3 Å². The first-order chi connectivity index (χ1) is 8.97. The molecular weight excluding hydrogens is 242 g/mol. The predicted molar refractivity (Wildman–Crippen MR) is 72.6 cm³/mol. The third kappa shape index (κ3) is 3.10. The number of hydrogen-bond acceptors (Lipinski definition) is 3. The van der Waals surface area contributed by atoms with Gasteiger partial charge in [0.05, 0.1) is 5.92 Å². The summed E-state index contributed by atoms with van der Waals surface area (Å²) in [5, 5.41) is 2.78. The molecule has 2 rings (SSSR count). The van der Waals surface area contributed by atoms with Crippen molar-refractivity contribution in [1.29, 1.82) is 0 Å². The van der Waals surface area contributed by atoms with Gasteiger partial charge < -0.3 is 10.2 Å². The van der Waals surface area contributed by atoms with Crippen LogP contribution in [0.15, 0.2) is 18.2 Å². The zero-order valence-corrected chi connectivity index (χ0v) is 11.5. The van der Waals surface area contributed by atoms with Gasteiger partial charge in [0.15, 0.2) is 0 Å². The first-order valence-electron chi connectivity index (χ1n) is 6.51. The molecule has 1 saturated heterocycles. The minimum Gasteiger partial charge on any atom is -0.339 e. The summed E-state index contributed by atoms with van der Waals surface area (Å²) in [7, 11) is 0. The van der Waals surface area contributed by atoms with Crippen LogP contribution in [0.5, 0.6) is 0 Å². The molecule has 0 spiro atoms. The highest BCUT2D eigenvalue weighted by atomic mass is 16.2. The van der Waals surface area contributed by atoms with E-state index in [-0.39, 0.29) is 30.2 Å². The topological polar surface area (TPSA) is 62.3 Å². The van der Waals surface area contributed by atoms with Crippen molar-refractivity contribution in [2.75, 3.05) is 11.9 Å². The molecule has 1 aromatic heterocycles. The summed E-state index contributed by atoms with van der Waals surface area (Å²) < 4.78 is 0. The highest BCUT2D eigenvalue weighted by Gasteiger charge is 2.35. The molecule has 2 heterocycles. The third-order valence-corrected chi connectivity index (χ3v) is 3.29. The van der Waals surface area contributed by atoms with Crippen LogP contribution in [0.3, 0.4) is 0 Å². The van der Waals surface area contributed by atoms with E-state index in [0.29, 0.717) is 12.4 Å². The Hall–Kier alpha value is -1.91. The Morgan fingerprint density at radius 1 is 1.47 bits per heavy atom. The van der Waals surface area contributed by atoms with Crippen molar-refractivity contribution in [2.45, 2.75) is 33.2 Å². The molecule has 0 saturated carbocycles. The van der Waals surface area contributed by atoms with Gasteiger partial charge in [0, 0.05) is 24.7 Å². The Kier molecular flexibility index (Phi) is 3.83. The molecule has 5 nitrogen and oxygen atoms in total. The molecule has 0 aromatic carbocycles. The number of nitrogens with one attached hydrogen (secondary N) is 1. The van der Waals surface area contributed by atoms with E-state index in [1.165, 1.54) is 0 Å². The van der Waals surface area contributed by atoms with Gasteiger partial charge in [0.1, 0.15) is 5.82 Å². The molecular formula is C14H19N3O2. The number of carbonyl (C=O) groups excluding carboxylic acids is 2. The SMILES string of the molecule is Cc1cccc(NC(=O)[C@@H]2CC(=O)N(C(C)C)C2)n1. The maximum absolute atomic E-state index is 12.1. The van der Waals surface area contributed by atoms with Crippen molar-refractivity contribution in [3.05, 3.63) is 23.9 Å². The summed E-state index contributed by atoms with van der Waals surface area (Å²) in [5.41, 5.74) is 0.851. The molecule has 1 aliphatic heterocycles. The van der Waals surface area contributed by atoms with E-state index in [4.69, 9.17) is 0 Å². The second kappa shape index (κ2) is 5.38. The van der Waals surface area contributed by atoms with E-state index in [0.717, 1.165) is 5.69 Å². The molecule has 1 fully saturated rings. The summed E-state index contributed by atoms with van der Waals surface area (Å²) in [4.78, 5) is 29.8. The molecule has 1 aromatic rings. The fraction of sp³-hybridized carbons (Fsp3) is 0.500. The monoisotopic (exact) mass is 261 g/mol. The van der Waals surface area contributed by atoms with Gasteiger partial charge in [-0.1, -0.05) is 6.07 Å². The largest absolute Gasteiger partial charge is 0.339 e. The lowest BCUT2D eigenvalue weighted by Gasteiger charge is -2.20. The van der Waals surface area contributed by atoms with Gasteiger partial charge in [0.2, 0.25) is 11.8 Å². The summed E-state index contributed by atoms with van der Waals surface area (Å²) in [6.45, 7) is 6.28. The molecule has 102 valence electrons. The zero-order chi connectivity index (χ0) is 14.0. The highest BCUT2D eigenvalue weighted by Crippen LogP contribution is 2.21. The van der Waals surface area contributed by atoms with Gasteiger partial charge in [-0.3, -0.25) is 9.59 Å². The van der Waals surface area contributed by atoms with E-state index in [2.05, 4.69) is 10.3 Å². The molecule has 5 heteroatoms. The van der Waals surface area contributed by atoms with Crippen LogP contribution in [0.1, 0.15) is 26.0 Å². The van der Waals surface area contributed by atoms with E-state index in [1.807, 2.05) is 32.9 Å². The molecule has 1 N–H and O–H groups in total. The molecule has 1 atom stereocenters. The van der Waals surface area contributed by atoms with E-state index in [9.17, 15) is 9.59 Å². The fourth-order valence-electron chi connectivity index (χ4n) is 2.25. The summed E-state index contributed by atoms with van der Waals surface area (Å²) >= 11 is 0. The smallest absolute Gasteiger partial charge is 0.230 e. The quantitative estimate of drug-likeness (QED) is 0.898. The summed E-state index contributed by atoms with van der Waals surface area (Å²) in [5.74, 6) is 0.180. The Labute approximate surface area is 113 Å². The fourth-order valence-corrected chi connectivity index (χ4v) is 2.25. The van der Waals surface area contributed by atoms with Crippen LogP contribution in [0.4, 0.5) is 5.82 Å². The second-order valence-corrected chi connectivity index (χ2v) is 5.19. The Balaban J connectivity index is 2.00. The molecule has 0 unspecified atom stereocenters. The number of amides is 2. The van der Waals surface area contributed by atoms with E-state index in [1.54, 1.807) is 11.0 Å². The number of rotatable bonds is 3. The number of carbonyl (C=O) groups is 2. The zero-order valence-electron chi connectivity index (χ0n) is 11.5. The first-order valence-corrected chi connectivity index (χ1v) is 6.51. The van der Waals surface area contributed by atoms with Crippen LogP contribution in [0, 0.1) is 12.8 Å². The van der Waals surface area contributed by atoms with Crippen molar-refractivity contribution in [3.8, 4) is 0 Å². The lowest BCUT2D eigenvalue weighted by atomic mass is 10.1. The van der Waals surface area contributed by atoms with E-state index < -0.39 is 0 Å². The second-order valence-electron chi connectivity index (χ2n) is 5.19. The standard InChI is InChI=1S/C14H19N3O2/c1-9(2)17-8-11(7-13(17)18)14(19)16-12-6-4-5-10(3)15-12/h4-6,9,11H,7-8H2,1-3H3,(H,15,16,19)/t11-/m1/s1. The van der Waals surface area contributed by atoms with Crippen molar-refractivity contribution in [3.63, 3.8) is 0 Å². The number of aromatic nitrogens is 1. The minimum absolute atomic E-state index is 0.0485. The normalized spacial score (nSPS) is 19.1. The molecule has 19 heavy (non-hydrogen) atoms. The highest BCUT2D eigenvalue weighted by molar-refractivity contribution is 5.96. The van der Waals surface area contributed by atoms with Crippen LogP contribution < -0.4 is 5.32 Å². The van der Waals surface area contributed by atoms with Gasteiger partial charge in [0.25, 0.3) is 0 Å². The number of pyridine rings is 1. The molecule has 0 radical (unpaired) electrons. The van der Waals surface area contributed by atoms with Gasteiger partial charge in [-0.15, -0.1) is 0 Å². The van der Waals surface area contributed by atoms with Crippen LogP contribution in [-0.2, 0) is 9.59 Å². The maximum atomic E-state index is 12.1. The van der Waals surface area contributed by atoms with Gasteiger partial charge in [-0.25, -0.2) is 4.98 Å². The number of nitrogens with zero attached hydrogens (tertiary/aromatic N) is 2. The lowest BCUT2D eigenvalue weighted by Crippen LogP contribution is -2.33. The Morgan fingerprint density at radius 2 is 2.21 bits per heavy atom. The van der Waals surface area contributed by atoms with Crippen molar-refractivity contribution >= 4 is 17.6 Å². The Bertz CT molecular complexity index is 499. The predicted octanol–water partition coefficient (Wildman–Crippen LogP) is 1.59. The maximum Gasteiger partial charge on any atom is 0.230 e. The molecule has 2 amide bonds. The summed E-state index contributed by atoms with van der Waals surface area (Å²) in [6.07, 6.45) is 0.288. The van der Waals surface area contributed by atoms with Crippen molar-refractivity contribution in [2.24, 2.45) is 5.92 Å². The van der Waals surface area contributed by atoms with Crippen molar-refractivity contribution in [1.82, 2.24) is 9.88 Å². The molecule has 0 aliphatic carbocycles.